The fraction of sp³-hybridized carbons (Fsp3) is 0.409. The van der Waals surface area contributed by atoms with E-state index >= 15 is 0 Å². The van der Waals surface area contributed by atoms with Crippen molar-refractivity contribution in [2.24, 2.45) is 5.92 Å². The summed E-state index contributed by atoms with van der Waals surface area (Å²) in [5.74, 6) is 2.49. The maximum Gasteiger partial charge on any atom is 0.203 e. The Morgan fingerprint density at radius 2 is 1.61 bits per heavy atom. The lowest BCUT2D eigenvalue weighted by Crippen LogP contribution is -2.41. The molecule has 1 aliphatic heterocycles. The van der Waals surface area contributed by atoms with Gasteiger partial charge in [0.05, 0.1) is 21.3 Å². The number of piperidine rings is 1. The predicted octanol–water partition coefficient (Wildman–Crippen LogP) is 4.36. The zero-order chi connectivity index (χ0) is 19.9. The van der Waals surface area contributed by atoms with E-state index in [1.54, 1.807) is 21.3 Å². The van der Waals surface area contributed by atoms with E-state index < -0.39 is 0 Å². The van der Waals surface area contributed by atoms with Crippen LogP contribution in [0.2, 0.25) is 0 Å². The Labute approximate surface area is 172 Å². The van der Waals surface area contributed by atoms with Crippen LogP contribution in [-0.4, -0.2) is 44.4 Å². The molecule has 1 fully saturated rings. The van der Waals surface area contributed by atoms with Crippen molar-refractivity contribution in [2.75, 3.05) is 39.7 Å². The van der Waals surface area contributed by atoms with Gasteiger partial charge in [-0.15, -0.1) is 0 Å². The number of anilines is 1. The molecule has 2 aromatic rings. The number of benzene rings is 2. The third kappa shape index (κ3) is 4.87. The number of hydrogen-bond acceptors (Lipinski definition) is 4. The normalized spacial score (nSPS) is 14.5. The fourth-order valence-electron chi connectivity index (χ4n) is 3.64. The van der Waals surface area contributed by atoms with Gasteiger partial charge in [-0.3, -0.25) is 0 Å². The van der Waals surface area contributed by atoms with Crippen LogP contribution < -0.4 is 19.5 Å². The van der Waals surface area contributed by atoms with Crippen molar-refractivity contribution in [1.29, 1.82) is 0 Å². The van der Waals surface area contributed by atoms with Crippen molar-refractivity contribution in [1.82, 2.24) is 4.90 Å². The minimum Gasteiger partial charge on any atom is -0.493 e. The standard InChI is InChI=1S/C22H28N2O3S/c1-25-19-14-18(15-20(26-2)21(19)27-3)23-22(28)24-11-9-17(10-12-24)13-16-7-5-4-6-8-16/h4-8,14-15,17H,9-13H2,1-3H3,(H,23,28). The molecule has 28 heavy (non-hydrogen) atoms. The van der Waals surface area contributed by atoms with E-state index in [-0.39, 0.29) is 0 Å². The maximum absolute atomic E-state index is 5.65. The first-order valence-corrected chi connectivity index (χ1v) is 9.95. The number of nitrogens with zero attached hydrogens (tertiary/aromatic N) is 1. The van der Waals surface area contributed by atoms with Crippen LogP contribution in [0.4, 0.5) is 5.69 Å². The summed E-state index contributed by atoms with van der Waals surface area (Å²) < 4.78 is 16.2. The Morgan fingerprint density at radius 1 is 1.00 bits per heavy atom. The quantitative estimate of drug-likeness (QED) is 0.727. The second-order valence-electron chi connectivity index (χ2n) is 6.96. The third-order valence-corrected chi connectivity index (χ3v) is 5.55. The largest absolute Gasteiger partial charge is 0.493 e. The monoisotopic (exact) mass is 400 g/mol. The van der Waals surface area contributed by atoms with Crippen LogP contribution in [0.5, 0.6) is 17.2 Å². The molecule has 6 heteroatoms. The molecule has 1 aliphatic rings. The molecule has 0 amide bonds. The first-order chi connectivity index (χ1) is 13.6. The van der Waals surface area contributed by atoms with Crippen molar-refractivity contribution >= 4 is 23.0 Å². The van der Waals surface area contributed by atoms with Crippen LogP contribution in [0, 0.1) is 5.92 Å². The number of ether oxygens (including phenoxy) is 3. The van der Waals surface area contributed by atoms with Crippen LogP contribution in [0.3, 0.4) is 0 Å². The van der Waals surface area contributed by atoms with Gasteiger partial charge in [0, 0.05) is 30.9 Å². The van der Waals surface area contributed by atoms with Crippen LogP contribution in [0.15, 0.2) is 42.5 Å². The molecule has 1 N–H and O–H groups in total. The van der Waals surface area contributed by atoms with Crippen molar-refractivity contribution in [2.45, 2.75) is 19.3 Å². The molecule has 3 rings (SSSR count). The van der Waals surface area contributed by atoms with Gasteiger partial charge in [-0.25, -0.2) is 0 Å². The van der Waals surface area contributed by atoms with E-state index in [0.29, 0.717) is 23.2 Å². The van der Waals surface area contributed by atoms with E-state index in [1.807, 2.05) is 12.1 Å². The molecule has 0 unspecified atom stereocenters. The molecule has 0 saturated carbocycles. The van der Waals surface area contributed by atoms with Gasteiger partial charge in [-0.05, 0) is 43.0 Å². The number of nitrogens with one attached hydrogen (secondary N) is 1. The molecule has 1 saturated heterocycles. The van der Waals surface area contributed by atoms with Crippen molar-refractivity contribution in [3.8, 4) is 17.2 Å². The number of rotatable bonds is 6. The van der Waals surface area contributed by atoms with E-state index in [4.69, 9.17) is 26.4 Å². The van der Waals surface area contributed by atoms with Gasteiger partial charge in [0.2, 0.25) is 5.75 Å². The van der Waals surface area contributed by atoms with Crippen molar-refractivity contribution < 1.29 is 14.2 Å². The molecule has 0 bridgehead atoms. The number of methoxy groups -OCH3 is 3. The molecule has 0 aliphatic carbocycles. The Hall–Kier alpha value is -2.47. The van der Waals surface area contributed by atoms with E-state index in [0.717, 1.165) is 43.2 Å². The van der Waals surface area contributed by atoms with Crippen LogP contribution in [0.25, 0.3) is 0 Å². The first-order valence-electron chi connectivity index (χ1n) is 9.54. The van der Waals surface area contributed by atoms with Crippen molar-refractivity contribution in [3.05, 3.63) is 48.0 Å². The second-order valence-corrected chi connectivity index (χ2v) is 7.35. The lowest BCUT2D eigenvalue weighted by Gasteiger charge is -2.34. The Kier molecular flexibility index (Phi) is 6.98. The molecule has 0 atom stereocenters. The van der Waals surface area contributed by atoms with Crippen LogP contribution in [-0.2, 0) is 6.42 Å². The van der Waals surface area contributed by atoms with Crippen LogP contribution in [0.1, 0.15) is 18.4 Å². The summed E-state index contributed by atoms with van der Waals surface area (Å²) >= 11 is 5.65. The van der Waals surface area contributed by atoms with Gasteiger partial charge in [-0.1, -0.05) is 30.3 Å². The number of hydrogen-bond donors (Lipinski definition) is 1. The van der Waals surface area contributed by atoms with Gasteiger partial charge in [0.25, 0.3) is 0 Å². The third-order valence-electron chi connectivity index (χ3n) is 5.18. The van der Waals surface area contributed by atoms with Crippen molar-refractivity contribution in [3.63, 3.8) is 0 Å². The SMILES string of the molecule is COc1cc(NC(=S)N2CCC(Cc3ccccc3)CC2)cc(OC)c1OC. The topological polar surface area (TPSA) is 43.0 Å². The summed E-state index contributed by atoms with van der Waals surface area (Å²) in [6.45, 7) is 1.93. The molecule has 0 aromatic heterocycles. The highest BCUT2D eigenvalue weighted by atomic mass is 32.1. The molecular weight excluding hydrogens is 372 g/mol. The molecular formula is C22H28N2O3S. The van der Waals surface area contributed by atoms with Crippen LogP contribution >= 0.6 is 12.2 Å². The van der Waals surface area contributed by atoms with E-state index in [2.05, 4.69) is 40.5 Å². The minimum absolute atomic E-state index is 0.572. The maximum atomic E-state index is 5.65. The molecule has 5 nitrogen and oxygen atoms in total. The molecule has 150 valence electrons. The first kappa shape index (κ1) is 20.3. The Morgan fingerprint density at radius 3 is 2.14 bits per heavy atom. The number of thiocarbonyl (C=S) groups is 1. The highest BCUT2D eigenvalue weighted by Gasteiger charge is 2.22. The summed E-state index contributed by atoms with van der Waals surface area (Å²) in [4.78, 5) is 2.24. The van der Waals surface area contributed by atoms with Gasteiger partial charge in [0.1, 0.15) is 0 Å². The van der Waals surface area contributed by atoms with Gasteiger partial charge in [-0.2, -0.15) is 0 Å². The lowest BCUT2D eigenvalue weighted by molar-refractivity contribution is 0.268. The smallest absolute Gasteiger partial charge is 0.203 e. The predicted molar refractivity (Wildman–Crippen MR) is 117 cm³/mol. The molecule has 0 spiro atoms. The average molecular weight is 401 g/mol. The summed E-state index contributed by atoms with van der Waals surface area (Å²) in [5.41, 5.74) is 2.24. The zero-order valence-electron chi connectivity index (χ0n) is 16.7. The number of likely N-dealkylation sites (tertiary alicyclic amines) is 1. The van der Waals surface area contributed by atoms with E-state index in [1.165, 1.54) is 5.56 Å². The molecule has 1 heterocycles. The van der Waals surface area contributed by atoms with Gasteiger partial charge in [0.15, 0.2) is 16.6 Å². The average Bonchev–Trinajstić information content (AvgIpc) is 2.74. The summed E-state index contributed by atoms with van der Waals surface area (Å²) in [6, 6.07) is 14.5. The minimum atomic E-state index is 0.572. The summed E-state index contributed by atoms with van der Waals surface area (Å²) in [7, 11) is 4.81. The zero-order valence-corrected chi connectivity index (χ0v) is 17.6. The molecule has 0 radical (unpaired) electrons. The Balaban J connectivity index is 1.58. The lowest BCUT2D eigenvalue weighted by atomic mass is 9.90. The summed E-state index contributed by atoms with van der Waals surface area (Å²) in [5, 5.41) is 4.05. The molecule has 2 aromatic carbocycles. The highest BCUT2D eigenvalue weighted by molar-refractivity contribution is 7.80. The van der Waals surface area contributed by atoms with Gasteiger partial charge < -0.3 is 24.4 Å². The summed E-state index contributed by atoms with van der Waals surface area (Å²) in [6.07, 6.45) is 3.43. The fourth-order valence-corrected chi connectivity index (χ4v) is 3.94. The van der Waals surface area contributed by atoms with Gasteiger partial charge >= 0.3 is 0 Å². The highest BCUT2D eigenvalue weighted by Crippen LogP contribution is 2.40. The second kappa shape index (κ2) is 9.64. The Bertz CT molecular complexity index is 765. The van der Waals surface area contributed by atoms with E-state index in [9.17, 15) is 0 Å².